The summed E-state index contributed by atoms with van der Waals surface area (Å²) in [6, 6.07) is 11.9. The fourth-order valence-electron chi connectivity index (χ4n) is 3.56. The molecule has 2 aromatic carbocycles. The monoisotopic (exact) mass is 378 g/mol. The number of nitrogens with zero attached hydrogens (tertiary/aromatic N) is 2. The van der Waals surface area contributed by atoms with Crippen molar-refractivity contribution in [3.8, 4) is 34.3 Å². The highest BCUT2D eigenvalue weighted by Gasteiger charge is 2.17. The molecular formula is C22H22N2O4. The smallest absolute Gasteiger partial charge is 0.161 e. The van der Waals surface area contributed by atoms with E-state index in [1.165, 1.54) is 0 Å². The van der Waals surface area contributed by atoms with Crippen molar-refractivity contribution in [1.82, 2.24) is 9.38 Å². The summed E-state index contributed by atoms with van der Waals surface area (Å²) in [5.41, 5.74) is 2.82. The molecule has 0 unspecified atom stereocenters. The molecule has 2 aromatic heterocycles. The lowest BCUT2D eigenvalue weighted by Gasteiger charge is -2.12. The first kappa shape index (κ1) is 18.0. The topological polar surface area (TPSA) is 54.2 Å². The summed E-state index contributed by atoms with van der Waals surface area (Å²) in [4.78, 5) is 4.83. The van der Waals surface area contributed by atoms with Gasteiger partial charge in [-0.15, -0.1) is 0 Å². The molecule has 2 heterocycles. The van der Waals surface area contributed by atoms with E-state index >= 15 is 0 Å². The summed E-state index contributed by atoms with van der Waals surface area (Å²) in [5.74, 6) is 3.63. The average molecular weight is 378 g/mol. The average Bonchev–Trinajstić information content (AvgIpc) is 3.08. The van der Waals surface area contributed by atoms with Crippen LogP contribution in [0.1, 0.15) is 5.82 Å². The third-order valence-electron chi connectivity index (χ3n) is 4.96. The number of ether oxygens (including phenoxy) is 4. The molecule has 0 aliphatic rings. The molecule has 6 heteroatoms. The molecule has 0 aliphatic heterocycles. The first-order valence-electron chi connectivity index (χ1n) is 8.87. The number of pyridine rings is 1. The first-order chi connectivity index (χ1) is 13.6. The second kappa shape index (κ2) is 6.96. The molecule has 0 fully saturated rings. The van der Waals surface area contributed by atoms with Crippen LogP contribution < -0.4 is 18.9 Å². The van der Waals surface area contributed by atoms with Crippen LogP contribution in [0, 0.1) is 6.92 Å². The van der Waals surface area contributed by atoms with Crippen LogP contribution in [0.5, 0.6) is 23.0 Å². The number of fused-ring (bicyclic) bond motifs is 3. The number of rotatable bonds is 5. The third kappa shape index (κ3) is 2.69. The van der Waals surface area contributed by atoms with Gasteiger partial charge in [0.2, 0.25) is 0 Å². The van der Waals surface area contributed by atoms with Gasteiger partial charge in [-0.05, 0) is 48.7 Å². The van der Waals surface area contributed by atoms with Crippen LogP contribution in [-0.2, 0) is 0 Å². The Kier molecular flexibility index (Phi) is 4.47. The molecule has 4 rings (SSSR count). The molecule has 0 saturated heterocycles. The zero-order chi connectivity index (χ0) is 19.8. The quantitative estimate of drug-likeness (QED) is 0.512. The largest absolute Gasteiger partial charge is 0.493 e. The summed E-state index contributed by atoms with van der Waals surface area (Å²) in [6.07, 6.45) is 2.02. The highest BCUT2D eigenvalue weighted by molar-refractivity contribution is 6.04. The molecule has 0 bridgehead atoms. The second-order valence-electron chi connectivity index (χ2n) is 6.41. The van der Waals surface area contributed by atoms with E-state index in [-0.39, 0.29) is 0 Å². The van der Waals surface area contributed by atoms with Gasteiger partial charge in [0, 0.05) is 17.1 Å². The summed E-state index contributed by atoms with van der Waals surface area (Å²) < 4.78 is 23.9. The molecule has 0 radical (unpaired) electrons. The Bertz CT molecular complexity index is 1180. The molecule has 0 spiro atoms. The molecule has 4 aromatic rings. The van der Waals surface area contributed by atoms with E-state index in [4.69, 9.17) is 23.9 Å². The standard InChI is InChI=1S/C22H22N2O4/c1-13-23-21(15-6-7-17(25-2)18(11-15)26-3)22-16-12-20(28-5)19(27-4)10-14(16)8-9-24(13)22/h6-12H,1-5H3. The van der Waals surface area contributed by atoms with Crippen molar-refractivity contribution < 1.29 is 18.9 Å². The minimum Gasteiger partial charge on any atom is -0.493 e. The lowest BCUT2D eigenvalue weighted by molar-refractivity contribution is 0.355. The zero-order valence-electron chi connectivity index (χ0n) is 16.6. The van der Waals surface area contributed by atoms with Crippen molar-refractivity contribution in [2.75, 3.05) is 28.4 Å². The predicted molar refractivity (Wildman–Crippen MR) is 109 cm³/mol. The maximum atomic E-state index is 5.52. The molecule has 6 nitrogen and oxygen atoms in total. The van der Waals surface area contributed by atoms with Crippen LogP contribution in [0.25, 0.3) is 27.5 Å². The van der Waals surface area contributed by atoms with E-state index < -0.39 is 0 Å². The molecule has 0 N–H and O–H groups in total. The number of imidazole rings is 1. The van der Waals surface area contributed by atoms with Gasteiger partial charge < -0.3 is 23.3 Å². The summed E-state index contributed by atoms with van der Waals surface area (Å²) in [7, 11) is 6.53. The Morgan fingerprint density at radius 3 is 2.07 bits per heavy atom. The fraction of sp³-hybridized carbons (Fsp3) is 0.227. The van der Waals surface area contributed by atoms with Gasteiger partial charge in [0.05, 0.1) is 39.6 Å². The van der Waals surface area contributed by atoms with Crippen molar-refractivity contribution in [2.45, 2.75) is 6.92 Å². The highest BCUT2D eigenvalue weighted by Crippen LogP contribution is 2.39. The molecule has 0 atom stereocenters. The number of aryl methyl sites for hydroxylation is 1. The van der Waals surface area contributed by atoms with E-state index in [0.29, 0.717) is 23.0 Å². The van der Waals surface area contributed by atoms with Crippen molar-refractivity contribution in [3.05, 3.63) is 48.4 Å². The van der Waals surface area contributed by atoms with E-state index in [1.54, 1.807) is 28.4 Å². The Labute approximate surface area is 163 Å². The van der Waals surface area contributed by atoms with Gasteiger partial charge in [-0.1, -0.05) is 0 Å². The minimum atomic E-state index is 0.665. The zero-order valence-corrected chi connectivity index (χ0v) is 16.6. The maximum absolute atomic E-state index is 5.52. The number of hydrogen-bond acceptors (Lipinski definition) is 5. The van der Waals surface area contributed by atoms with Crippen LogP contribution in [-0.4, -0.2) is 37.8 Å². The maximum Gasteiger partial charge on any atom is 0.161 e. The Morgan fingerprint density at radius 1 is 0.750 bits per heavy atom. The van der Waals surface area contributed by atoms with Crippen molar-refractivity contribution in [2.24, 2.45) is 0 Å². The minimum absolute atomic E-state index is 0.665. The van der Waals surface area contributed by atoms with Gasteiger partial charge in [-0.25, -0.2) is 4.98 Å². The van der Waals surface area contributed by atoms with Crippen LogP contribution in [0.15, 0.2) is 42.6 Å². The van der Waals surface area contributed by atoms with Crippen LogP contribution >= 0.6 is 0 Å². The van der Waals surface area contributed by atoms with Crippen molar-refractivity contribution in [1.29, 1.82) is 0 Å². The third-order valence-corrected chi connectivity index (χ3v) is 4.96. The van der Waals surface area contributed by atoms with Gasteiger partial charge >= 0.3 is 0 Å². The fourth-order valence-corrected chi connectivity index (χ4v) is 3.56. The number of benzene rings is 2. The second-order valence-corrected chi connectivity index (χ2v) is 6.41. The van der Waals surface area contributed by atoms with Gasteiger partial charge in [-0.2, -0.15) is 0 Å². The number of methoxy groups -OCH3 is 4. The SMILES string of the molecule is COc1ccc(-c2nc(C)n3ccc4cc(OC)c(OC)cc4c23)cc1OC. The van der Waals surface area contributed by atoms with E-state index in [2.05, 4.69) is 10.5 Å². The normalized spacial score (nSPS) is 11.0. The molecule has 28 heavy (non-hydrogen) atoms. The molecule has 144 valence electrons. The van der Waals surface area contributed by atoms with Gasteiger partial charge in [0.15, 0.2) is 23.0 Å². The molecule has 0 aliphatic carbocycles. The lowest BCUT2D eigenvalue weighted by Crippen LogP contribution is -1.93. The summed E-state index contributed by atoms with van der Waals surface area (Å²) >= 11 is 0. The van der Waals surface area contributed by atoms with Crippen LogP contribution in [0.2, 0.25) is 0 Å². The van der Waals surface area contributed by atoms with Crippen LogP contribution in [0.4, 0.5) is 0 Å². The first-order valence-corrected chi connectivity index (χ1v) is 8.87. The van der Waals surface area contributed by atoms with E-state index in [9.17, 15) is 0 Å². The van der Waals surface area contributed by atoms with Crippen molar-refractivity contribution >= 4 is 16.3 Å². The van der Waals surface area contributed by atoms with Crippen LogP contribution in [0.3, 0.4) is 0 Å². The Balaban J connectivity index is 2.05. The van der Waals surface area contributed by atoms with E-state index in [0.717, 1.165) is 33.4 Å². The van der Waals surface area contributed by atoms with Gasteiger partial charge in [0.1, 0.15) is 5.82 Å². The number of hydrogen-bond donors (Lipinski definition) is 0. The van der Waals surface area contributed by atoms with Gasteiger partial charge in [-0.3, -0.25) is 0 Å². The number of aromatic nitrogens is 2. The molecule has 0 amide bonds. The van der Waals surface area contributed by atoms with Gasteiger partial charge in [0.25, 0.3) is 0 Å². The van der Waals surface area contributed by atoms with E-state index in [1.807, 2.05) is 43.5 Å². The summed E-state index contributed by atoms with van der Waals surface area (Å²) in [5, 5.41) is 2.08. The predicted octanol–water partition coefficient (Wildman–Crippen LogP) is 4.50. The summed E-state index contributed by atoms with van der Waals surface area (Å²) in [6.45, 7) is 1.99. The highest BCUT2D eigenvalue weighted by atomic mass is 16.5. The Morgan fingerprint density at radius 2 is 1.39 bits per heavy atom. The Hall–Kier alpha value is -3.41. The van der Waals surface area contributed by atoms with Crippen molar-refractivity contribution in [3.63, 3.8) is 0 Å². The molecular weight excluding hydrogens is 356 g/mol. The lowest BCUT2D eigenvalue weighted by atomic mass is 10.0. The molecule has 0 saturated carbocycles.